The number of likely N-dealkylation sites (tertiary alicyclic amines) is 1. The lowest BCUT2D eigenvalue weighted by Gasteiger charge is -2.40. The highest BCUT2D eigenvalue weighted by atomic mass is 35.5. The van der Waals surface area contributed by atoms with E-state index in [-0.39, 0.29) is 0 Å². The second kappa shape index (κ2) is 7.94. The topological polar surface area (TPSA) is 29.5 Å². The highest BCUT2D eigenvalue weighted by Crippen LogP contribution is 2.29. The first kappa shape index (κ1) is 17.8. The van der Waals surface area contributed by atoms with Gasteiger partial charge in [-0.25, -0.2) is 0 Å². The molecule has 2 aliphatic rings. The maximum atomic E-state index is 12.7. The van der Waals surface area contributed by atoms with Gasteiger partial charge in [-0.15, -0.1) is 4.31 Å². The molecule has 0 aliphatic carbocycles. The molecule has 2 heterocycles. The minimum atomic E-state index is -1.14. The van der Waals surface area contributed by atoms with Gasteiger partial charge in [-0.1, -0.05) is 30.1 Å². The Hall–Kier alpha value is 0.0300. The van der Waals surface area contributed by atoms with Crippen LogP contribution in [0.4, 0.5) is 0 Å². The van der Waals surface area contributed by atoms with Crippen LogP contribution in [-0.2, 0) is 11.4 Å². The highest BCUT2D eigenvalue weighted by Gasteiger charge is 2.32. The predicted octanol–water partition coefficient (Wildman–Crippen LogP) is 4.21. The van der Waals surface area contributed by atoms with Gasteiger partial charge >= 0.3 is 0 Å². The van der Waals surface area contributed by atoms with E-state index in [2.05, 4.69) is 16.1 Å². The van der Waals surface area contributed by atoms with Gasteiger partial charge in [0.1, 0.15) is 0 Å². The summed E-state index contributed by atoms with van der Waals surface area (Å²) < 4.78 is 14.8. The third-order valence-corrected chi connectivity index (χ3v) is 7.32. The Bertz CT molecular complexity index is 529. The maximum absolute atomic E-state index is 12.7. The van der Waals surface area contributed by atoms with E-state index in [9.17, 15) is 4.55 Å². The minimum absolute atomic E-state index is 0.467. The van der Waals surface area contributed by atoms with Crippen molar-refractivity contribution < 1.29 is 4.55 Å². The summed E-state index contributed by atoms with van der Waals surface area (Å²) in [6.07, 6.45) is 4.83. The average molecular weight is 375 g/mol. The molecule has 1 aromatic carbocycles. The third kappa shape index (κ3) is 4.36. The quantitative estimate of drug-likeness (QED) is 0.741. The summed E-state index contributed by atoms with van der Waals surface area (Å²) in [5.41, 5.74) is 0. The fourth-order valence-electron chi connectivity index (χ4n) is 3.50. The molecule has 1 unspecified atom stereocenters. The molecule has 3 nitrogen and oxygen atoms in total. The number of hydrogen-bond donors (Lipinski definition) is 0. The van der Waals surface area contributed by atoms with Crippen molar-refractivity contribution in [1.29, 1.82) is 0 Å². The summed E-state index contributed by atoms with van der Waals surface area (Å²) in [4.78, 5) is 3.38. The normalized spacial score (nSPS) is 24.0. The van der Waals surface area contributed by atoms with E-state index in [0.29, 0.717) is 16.1 Å². The van der Waals surface area contributed by atoms with Gasteiger partial charge in [0.25, 0.3) is 0 Å². The number of piperidine rings is 2. The molecule has 1 atom stereocenters. The molecule has 3 rings (SSSR count). The van der Waals surface area contributed by atoms with Crippen molar-refractivity contribution >= 4 is 34.6 Å². The molecule has 0 bridgehead atoms. The second-order valence-corrected chi connectivity index (χ2v) is 9.00. The van der Waals surface area contributed by atoms with E-state index in [1.54, 1.807) is 12.1 Å². The second-order valence-electron chi connectivity index (χ2n) is 6.70. The molecule has 128 valence electrons. The van der Waals surface area contributed by atoms with Gasteiger partial charge < -0.3 is 9.45 Å². The molecule has 0 radical (unpaired) electrons. The summed E-state index contributed by atoms with van der Waals surface area (Å²) in [6, 6.07) is 5.91. The molecule has 2 aliphatic heterocycles. The standard InChI is InChI=1S/C17H24Cl2N2OS/c1-13-4-8-20(9-5-13)14-6-10-21(11-7-14)23(22)15-2-3-16(18)17(19)12-15/h2-3,12-14H,4-11H2,1H3. The van der Waals surface area contributed by atoms with Gasteiger partial charge in [-0.3, -0.25) is 0 Å². The molecular formula is C17H24Cl2N2OS. The van der Waals surface area contributed by atoms with Crippen molar-refractivity contribution in [2.75, 3.05) is 26.2 Å². The summed E-state index contributed by atoms with van der Waals surface area (Å²) in [5.74, 6) is 0.869. The SMILES string of the molecule is CC1CCN(C2CCN([S+]([O-])c3ccc(Cl)c(Cl)c3)CC2)CC1. The first-order chi connectivity index (χ1) is 11.0. The first-order valence-corrected chi connectivity index (χ1v) is 10.3. The summed E-state index contributed by atoms with van der Waals surface area (Å²) in [7, 11) is 0. The lowest BCUT2D eigenvalue weighted by molar-refractivity contribution is 0.101. The van der Waals surface area contributed by atoms with E-state index in [1.807, 2.05) is 6.07 Å². The van der Waals surface area contributed by atoms with Crippen molar-refractivity contribution in [3.63, 3.8) is 0 Å². The van der Waals surface area contributed by atoms with Crippen LogP contribution in [0.15, 0.2) is 23.1 Å². The molecule has 0 aromatic heterocycles. The van der Waals surface area contributed by atoms with Gasteiger partial charge in [-0.2, -0.15) is 0 Å². The Labute approximate surface area is 152 Å². The van der Waals surface area contributed by atoms with Crippen LogP contribution in [0, 0.1) is 5.92 Å². The van der Waals surface area contributed by atoms with Crippen LogP contribution in [0.25, 0.3) is 0 Å². The molecule has 2 fully saturated rings. The first-order valence-electron chi connectivity index (χ1n) is 8.40. The van der Waals surface area contributed by atoms with Gasteiger partial charge in [0.05, 0.1) is 21.4 Å². The molecule has 6 heteroatoms. The Morgan fingerprint density at radius 1 is 1.00 bits per heavy atom. The van der Waals surface area contributed by atoms with Crippen LogP contribution >= 0.6 is 23.2 Å². The highest BCUT2D eigenvalue weighted by molar-refractivity contribution is 7.89. The Kier molecular flexibility index (Phi) is 6.16. The molecule has 2 saturated heterocycles. The van der Waals surface area contributed by atoms with Gasteiger partial charge in [0.15, 0.2) is 4.90 Å². The maximum Gasteiger partial charge on any atom is 0.175 e. The Morgan fingerprint density at radius 2 is 1.65 bits per heavy atom. The van der Waals surface area contributed by atoms with Crippen molar-refractivity contribution in [1.82, 2.24) is 9.21 Å². The predicted molar refractivity (Wildman–Crippen MR) is 97.4 cm³/mol. The summed E-state index contributed by atoms with van der Waals surface area (Å²) >= 11 is 10.8. The lowest BCUT2D eigenvalue weighted by atomic mass is 9.95. The van der Waals surface area contributed by atoms with Crippen LogP contribution in [0.2, 0.25) is 10.0 Å². The van der Waals surface area contributed by atoms with E-state index in [0.717, 1.165) is 36.7 Å². The van der Waals surface area contributed by atoms with Crippen molar-refractivity contribution in [3.05, 3.63) is 28.2 Å². The van der Waals surface area contributed by atoms with Gasteiger partial charge in [0, 0.05) is 25.2 Å². The summed E-state index contributed by atoms with van der Waals surface area (Å²) in [6.45, 7) is 6.55. The number of halogens is 2. The molecule has 0 spiro atoms. The van der Waals surface area contributed by atoms with Crippen LogP contribution in [0.3, 0.4) is 0 Å². The number of hydrogen-bond acceptors (Lipinski definition) is 3. The van der Waals surface area contributed by atoms with E-state index in [1.165, 1.54) is 25.9 Å². The van der Waals surface area contributed by atoms with Crippen LogP contribution in [-0.4, -0.2) is 46.0 Å². The number of rotatable bonds is 3. The molecule has 1 aromatic rings. The number of nitrogens with zero attached hydrogens (tertiary/aromatic N) is 2. The smallest absolute Gasteiger partial charge is 0.175 e. The molecule has 0 saturated carbocycles. The van der Waals surface area contributed by atoms with E-state index < -0.39 is 11.4 Å². The van der Waals surface area contributed by atoms with Crippen LogP contribution in [0.5, 0.6) is 0 Å². The minimum Gasteiger partial charge on any atom is -0.593 e. The number of benzene rings is 1. The zero-order valence-electron chi connectivity index (χ0n) is 13.5. The molecule has 23 heavy (non-hydrogen) atoms. The fraction of sp³-hybridized carbons (Fsp3) is 0.647. The van der Waals surface area contributed by atoms with Crippen LogP contribution in [0.1, 0.15) is 32.6 Å². The molecular weight excluding hydrogens is 351 g/mol. The Balaban J connectivity index is 1.54. The van der Waals surface area contributed by atoms with Crippen molar-refractivity contribution in [2.24, 2.45) is 5.92 Å². The zero-order valence-corrected chi connectivity index (χ0v) is 15.8. The molecule has 0 amide bonds. The van der Waals surface area contributed by atoms with Crippen molar-refractivity contribution in [3.8, 4) is 0 Å². The van der Waals surface area contributed by atoms with Gasteiger partial charge in [-0.05, 0) is 56.8 Å². The van der Waals surface area contributed by atoms with Crippen molar-refractivity contribution in [2.45, 2.75) is 43.5 Å². The third-order valence-electron chi connectivity index (χ3n) is 5.09. The van der Waals surface area contributed by atoms with E-state index >= 15 is 0 Å². The monoisotopic (exact) mass is 374 g/mol. The van der Waals surface area contributed by atoms with Gasteiger partial charge in [0.2, 0.25) is 0 Å². The Morgan fingerprint density at radius 3 is 2.26 bits per heavy atom. The average Bonchev–Trinajstić information content (AvgIpc) is 2.57. The lowest BCUT2D eigenvalue weighted by Crippen LogP contribution is -2.48. The van der Waals surface area contributed by atoms with E-state index in [4.69, 9.17) is 23.2 Å². The fourth-order valence-corrected chi connectivity index (χ4v) is 5.11. The van der Waals surface area contributed by atoms with Crippen LogP contribution < -0.4 is 0 Å². The largest absolute Gasteiger partial charge is 0.593 e. The molecule has 0 N–H and O–H groups in total. The zero-order chi connectivity index (χ0) is 16.4. The summed E-state index contributed by atoms with van der Waals surface area (Å²) in [5, 5.41) is 0.972.